The van der Waals surface area contributed by atoms with E-state index in [1.165, 1.54) is 5.56 Å². The number of aromatic nitrogens is 3. The van der Waals surface area contributed by atoms with Gasteiger partial charge in [-0.05, 0) is 35.6 Å². The quantitative estimate of drug-likeness (QED) is 0.186. The molecular formula is C32H27N3S. The molecule has 0 aliphatic rings. The maximum Gasteiger partial charge on any atom is 0.164 e. The maximum atomic E-state index is 4.90. The van der Waals surface area contributed by atoms with Crippen LogP contribution in [0.3, 0.4) is 0 Å². The van der Waals surface area contributed by atoms with Crippen LogP contribution in [-0.2, 0) is 6.42 Å². The van der Waals surface area contributed by atoms with Crippen molar-refractivity contribution in [2.24, 2.45) is 0 Å². The molecule has 4 heteroatoms. The SMILES string of the molecule is CC/C=C\Cc1cccc(-c2cccc(-c3nc(-c4ccccc4)nc(-c4ccccc4)n3)c2)c1S. The van der Waals surface area contributed by atoms with Crippen LogP contribution in [0.5, 0.6) is 0 Å². The van der Waals surface area contributed by atoms with Crippen molar-refractivity contribution in [1.29, 1.82) is 0 Å². The predicted molar refractivity (Wildman–Crippen MR) is 152 cm³/mol. The third-order valence-electron chi connectivity index (χ3n) is 5.99. The molecule has 1 aromatic heterocycles. The van der Waals surface area contributed by atoms with Crippen LogP contribution in [0.2, 0.25) is 0 Å². The normalized spacial score (nSPS) is 11.2. The van der Waals surface area contributed by atoms with E-state index in [2.05, 4.69) is 61.5 Å². The van der Waals surface area contributed by atoms with Crippen LogP contribution in [0.15, 0.2) is 120 Å². The van der Waals surface area contributed by atoms with Gasteiger partial charge in [0, 0.05) is 21.6 Å². The van der Waals surface area contributed by atoms with E-state index < -0.39 is 0 Å². The van der Waals surface area contributed by atoms with E-state index in [0.717, 1.165) is 45.6 Å². The van der Waals surface area contributed by atoms with Gasteiger partial charge in [0.25, 0.3) is 0 Å². The first-order valence-electron chi connectivity index (χ1n) is 12.2. The molecule has 4 aromatic carbocycles. The minimum Gasteiger partial charge on any atom is -0.208 e. The summed E-state index contributed by atoms with van der Waals surface area (Å²) < 4.78 is 0. The number of thiol groups is 1. The highest BCUT2D eigenvalue weighted by Gasteiger charge is 2.13. The molecule has 5 aromatic rings. The standard InChI is InChI=1S/C32H27N3S/c1-2-3-6-13-23-18-12-21-28(29(23)36)26-19-11-20-27(22-26)32-34-30(24-14-7-4-8-15-24)33-31(35-32)25-16-9-5-10-17-25/h3-12,14-22,36H,2,13H2,1H3/b6-3-. The van der Waals surface area contributed by atoms with E-state index >= 15 is 0 Å². The van der Waals surface area contributed by atoms with Gasteiger partial charge in [-0.1, -0.05) is 116 Å². The van der Waals surface area contributed by atoms with E-state index in [9.17, 15) is 0 Å². The summed E-state index contributed by atoms with van der Waals surface area (Å²) in [5, 5.41) is 0. The smallest absolute Gasteiger partial charge is 0.164 e. The van der Waals surface area contributed by atoms with Crippen molar-refractivity contribution in [1.82, 2.24) is 15.0 Å². The minimum atomic E-state index is 0.646. The molecule has 3 nitrogen and oxygen atoms in total. The third-order valence-corrected chi connectivity index (χ3v) is 6.52. The molecule has 0 saturated carbocycles. The van der Waals surface area contributed by atoms with Crippen LogP contribution in [0.25, 0.3) is 45.3 Å². The molecule has 36 heavy (non-hydrogen) atoms. The summed E-state index contributed by atoms with van der Waals surface area (Å²) in [4.78, 5) is 15.5. The molecule has 0 saturated heterocycles. The van der Waals surface area contributed by atoms with Gasteiger partial charge in [0.2, 0.25) is 0 Å². The van der Waals surface area contributed by atoms with Crippen molar-refractivity contribution in [2.45, 2.75) is 24.7 Å². The Morgan fingerprint density at radius 1 is 0.583 bits per heavy atom. The molecule has 0 fully saturated rings. The van der Waals surface area contributed by atoms with Crippen LogP contribution < -0.4 is 0 Å². The van der Waals surface area contributed by atoms with Gasteiger partial charge in [-0.2, -0.15) is 0 Å². The molecule has 176 valence electrons. The van der Waals surface area contributed by atoms with Crippen molar-refractivity contribution in [3.63, 3.8) is 0 Å². The number of nitrogens with zero attached hydrogens (tertiary/aromatic N) is 3. The van der Waals surface area contributed by atoms with Crippen LogP contribution in [0.4, 0.5) is 0 Å². The Labute approximate surface area is 218 Å². The number of allylic oxidation sites excluding steroid dienone is 2. The van der Waals surface area contributed by atoms with Crippen molar-refractivity contribution in [3.05, 3.63) is 121 Å². The lowest BCUT2D eigenvalue weighted by Crippen LogP contribution is -2.00. The van der Waals surface area contributed by atoms with Gasteiger partial charge in [0.1, 0.15) is 0 Å². The van der Waals surface area contributed by atoms with Crippen LogP contribution in [-0.4, -0.2) is 15.0 Å². The lowest BCUT2D eigenvalue weighted by Gasteiger charge is -2.12. The second kappa shape index (κ2) is 11.1. The highest BCUT2D eigenvalue weighted by Crippen LogP contribution is 2.33. The Morgan fingerprint density at radius 3 is 1.72 bits per heavy atom. The fraction of sp³-hybridized carbons (Fsp3) is 0.0938. The summed E-state index contributed by atoms with van der Waals surface area (Å²) in [5.41, 5.74) is 6.25. The lowest BCUT2D eigenvalue weighted by atomic mass is 9.99. The number of hydrogen-bond acceptors (Lipinski definition) is 4. The fourth-order valence-corrected chi connectivity index (χ4v) is 4.50. The highest BCUT2D eigenvalue weighted by molar-refractivity contribution is 7.80. The molecule has 5 rings (SSSR count). The average molecular weight is 486 g/mol. The average Bonchev–Trinajstić information content (AvgIpc) is 2.95. The Balaban J connectivity index is 1.60. The number of benzene rings is 4. The van der Waals surface area contributed by atoms with E-state index in [-0.39, 0.29) is 0 Å². The molecule has 1 heterocycles. The first-order chi connectivity index (χ1) is 17.7. The summed E-state index contributed by atoms with van der Waals surface area (Å²) in [6, 6.07) is 34.8. The molecule has 0 N–H and O–H groups in total. The molecular weight excluding hydrogens is 458 g/mol. The molecule has 0 radical (unpaired) electrons. The van der Waals surface area contributed by atoms with Gasteiger partial charge in [0.15, 0.2) is 17.5 Å². The lowest BCUT2D eigenvalue weighted by molar-refractivity contribution is 1.07. The molecule has 0 atom stereocenters. The zero-order chi connectivity index (χ0) is 24.7. The second-order valence-electron chi connectivity index (χ2n) is 8.52. The first kappa shape index (κ1) is 23.7. The Morgan fingerprint density at radius 2 is 1.11 bits per heavy atom. The summed E-state index contributed by atoms with van der Waals surface area (Å²) in [5.74, 6) is 1.96. The Bertz CT molecular complexity index is 1440. The monoisotopic (exact) mass is 485 g/mol. The zero-order valence-electron chi connectivity index (χ0n) is 20.2. The van der Waals surface area contributed by atoms with Crippen molar-refractivity contribution < 1.29 is 0 Å². The molecule has 0 spiro atoms. The third kappa shape index (κ3) is 5.29. The maximum absolute atomic E-state index is 4.90. The highest BCUT2D eigenvalue weighted by atomic mass is 32.1. The van der Waals surface area contributed by atoms with Gasteiger partial charge in [-0.3, -0.25) is 0 Å². The fourth-order valence-electron chi connectivity index (χ4n) is 4.13. The topological polar surface area (TPSA) is 38.7 Å². The van der Waals surface area contributed by atoms with Crippen molar-refractivity contribution >= 4 is 12.6 Å². The van der Waals surface area contributed by atoms with E-state index in [4.69, 9.17) is 27.6 Å². The summed E-state index contributed by atoms with van der Waals surface area (Å²) >= 11 is 4.90. The van der Waals surface area contributed by atoms with Gasteiger partial charge < -0.3 is 0 Å². The molecule has 0 amide bonds. The van der Waals surface area contributed by atoms with E-state index in [0.29, 0.717) is 17.5 Å². The van der Waals surface area contributed by atoms with Crippen LogP contribution in [0.1, 0.15) is 18.9 Å². The van der Waals surface area contributed by atoms with E-state index in [1.54, 1.807) is 0 Å². The van der Waals surface area contributed by atoms with Gasteiger partial charge >= 0.3 is 0 Å². The summed E-state index contributed by atoms with van der Waals surface area (Å²) in [7, 11) is 0. The Hall–Kier alpha value is -4.02. The molecule has 0 bridgehead atoms. The molecule has 0 unspecified atom stereocenters. The summed E-state index contributed by atoms with van der Waals surface area (Å²) in [6.45, 7) is 2.15. The van der Waals surface area contributed by atoms with Crippen LogP contribution in [0, 0.1) is 0 Å². The number of hydrogen-bond donors (Lipinski definition) is 1. The van der Waals surface area contributed by atoms with Crippen LogP contribution >= 0.6 is 12.6 Å². The predicted octanol–water partition coefficient (Wildman–Crippen LogP) is 8.34. The van der Waals surface area contributed by atoms with Gasteiger partial charge in [-0.25, -0.2) is 15.0 Å². The largest absolute Gasteiger partial charge is 0.208 e. The van der Waals surface area contributed by atoms with Crippen molar-refractivity contribution in [3.8, 4) is 45.3 Å². The minimum absolute atomic E-state index is 0.646. The number of rotatable bonds is 7. The van der Waals surface area contributed by atoms with Gasteiger partial charge in [0.05, 0.1) is 0 Å². The second-order valence-corrected chi connectivity index (χ2v) is 8.96. The molecule has 0 aliphatic carbocycles. The molecule has 0 aliphatic heterocycles. The summed E-state index contributed by atoms with van der Waals surface area (Å²) in [6.07, 6.45) is 6.30. The van der Waals surface area contributed by atoms with E-state index in [1.807, 2.05) is 60.7 Å². The Kier molecular flexibility index (Phi) is 7.34. The first-order valence-corrected chi connectivity index (χ1v) is 12.6. The van der Waals surface area contributed by atoms with Gasteiger partial charge in [-0.15, -0.1) is 12.6 Å². The van der Waals surface area contributed by atoms with Crippen molar-refractivity contribution in [2.75, 3.05) is 0 Å². The zero-order valence-corrected chi connectivity index (χ0v) is 21.1.